The Morgan fingerprint density at radius 2 is 1.94 bits per heavy atom. The molecule has 5 rings (SSSR count). The van der Waals surface area contributed by atoms with Gasteiger partial charge in [0, 0.05) is 57.3 Å². The van der Waals surface area contributed by atoms with Gasteiger partial charge in [-0.05, 0) is 26.7 Å². The van der Waals surface area contributed by atoms with Crippen LogP contribution in [0.4, 0.5) is 4.79 Å². The number of aromatic nitrogens is 4. The number of urea groups is 1. The van der Waals surface area contributed by atoms with Crippen LogP contribution >= 0.6 is 0 Å². The minimum atomic E-state index is -0.259. The van der Waals surface area contributed by atoms with Crippen LogP contribution in [-0.4, -0.2) is 66.7 Å². The molecule has 0 aromatic carbocycles. The summed E-state index contributed by atoms with van der Waals surface area (Å²) in [6.45, 7) is 6.54. The van der Waals surface area contributed by atoms with Gasteiger partial charge in [-0.3, -0.25) is 18.8 Å². The second-order valence-electron chi connectivity index (χ2n) is 9.50. The van der Waals surface area contributed by atoms with E-state index in [4.69, 9.17) is 4.98 Å². The Morgan fingerprint density at radius 1 is 1.16 bits per heavy atom. The minimum absolute atomic E-state index is 0.0457. The van der Waals surface area contributed by atoms with Gasteiger partial charge in [0.25, 0.3) is 11.5 Å². The van der Waals surface area contributed by atoms with E-state index in [0.717, 1.165) is 24.4 Å². The SMILES string of the molecule is CC(C)NC(=O)N1CC[C@]2(CCn3c2nc2c(c3=O)CN(C(=O)c3cnn(C)c3)CC2)C1. The number of carbonyl (C=O) groups excluding carboxylic acids is 2. The minimum Gasteiger partial charge on any atom is -0.336 e. The molecule has 2 aromatic rings. The number of likely N-dealkylation sites (tertiary alicyclic amines) is 1. The Kier molecular flexibility index (Phi) is 4.83. The highest BCUT2D eigenvalue weighted by Crippen LogP contribution is 2.41. The van der Waals surface area contributed by atoms with E-state index in [1.165, 1.54) is 0 Å². The van der Waals surface area contributed by atoms with Gasteiger partial charge in [0.15, 0.2) is 0 Å². The second-order valence-corrected chi connectivity index (χ2v) is 9.50. The molecule has 2 aromatic heterocycles. The summed E-state index contributed by atoms with van der Waals surface area (Å²) in [7, 11) is 1.77. The maximum Gasteiger partial charge on any atom is 0.317 e. The Hall–Kier alpha value is -3.17. The highest BCUT2D eigenvalue weighted by Gasteiger charge is 2.48. The number of rotatable bonds is 2. The van der Waals surface area contributed by atoms with Crippen LogP contribution in [0.25, 0.3) is 0 Å². The van der Waals surface area contributed by atoms with E-state index in [9.17, 15) is 14.4 Å². The fourth-order valence-electron chi connectivity index (χ4n) is 5.22. The van der Waals surface area contributed by atoms with Gasteiger partial charge in [-0.15, -0.1) is 0 Å². The third-order valence-corrected chi connectivity index (χ3v) is 6.90. The van der Waals surface area contributed by atoms with Crippen LogP contribution in [0.3, 0.4) is 0 Å². The fraction of sp³-hybridized carbons (Fsp3) is 0.591. The number of nitrogens with one attached hydrogen (secondary N) is 1. The zero-order chi connectivity index (χ0) is 22.6. The molecule has 1 atom stereocenters. The zero-order valence-electron chi connectivity index (χ0n) is 18.8. The molecule has 10 nitrogen and oxygen atoms in total. The molecule has 10 heteroatoms. The number of aryl methyl sites for hydroxylation is 1. The molecule has 5 heterocycles. The standard InChI is InChI=1S/C22H29N7O3/c1-14(2)24-21(32)28-8-5-22(13-28)6-9-29-19(31)16-12-27(7-4-17(16)25-20(22)29)18(30)15-10-23-26(3)11-15/h10-11,14H,4-9,12-13H2,1-3H3,(H,24,32)/t22-/m0/s1. The van der Waals surface area contributed by atoms with Gasteiger partial charge in [0.2, 0.25) is 0 Å². The molecule has 0 bridgehead atoms. The Bertz CT molecular complexity index is 1150. The molecule has 0 unspecified atom stereocenters. The van der Waals surface area contributed by atoms with Crippen LogP contribution in [0.15, 0.2) is 17.2 Å². The number of nitrogens with zero attached hydrogens (tertiary/aromatic N) is 6. The number of amides is 3. The van der Waals surface area contributed by atoms with Gasteiger partial charge in [0.1, 0.15) is 5.82 Å². The summed E-state index contributed by atoms with van der Waals surface area (Å²) >= 11 is 0. The average molecular weight is 440 g/mol. The van der Waals surface area contributed by atoms with Gasteiger partial charge >= 0.3 is 6.03 Å². The van der Waals surface area contributed by atoms with Crippen LogP contribution in [-0.2, 0) is 32.0 Å². The summed E-state index contributed by atoms with van der Waals surface area (Å²) in [5.74, 6) is 0.695. The topological polar surface area (TPSA) is 105 Å². The zero-order valence-corrected chi connectivity index (χ0v) is 18.8. The molecule has 1 saturated heterocycles. The molecule has 3 amide bonds. The number of carbonyl (C=O) groups is 2. The first-order valence-corrected chi connectivity index (χ1v) is 11.2. The summed E-state index contributed by atoms with van der Waals surface area (Å²) in [5.41, 5.74) is 1.63. The molecular weight excluding hydrogens is 410 g/mol. The molecule has 3 aliphatic heterocycles. The van der Waals surface area contributed by atoms with Crippen molar-refractivity contribution in [1.29, 1.82) is 0 Å². The Balaban J connectivity index is 1.40. The van der Waals surface area contributed by atoms with E-state index in [1.54, 1.807) is 33.6 Å². The molecule has 3 aliphatic rings. The molecule has 32 heavy (non-hydrogen) atoms. The lowest BCUT2D eigenvalue weighted by atomic mass is 9.85. The monoisotopic (exact) mass is 439 g/mol. The largest absolute Gasteiger partial charge is 0.336 e. The summed E-state index contributed by atoms with van der Waals surface area (Å²) in [6.07, 6.45) is 5.42. The quantitative estimate of drug-likeness (QED) is 0.739. The second kappa shape index (κ2) is 7.46. The van der Waals surface area contributed by atoms with Crippen molar-refractivity contribution in [3.63, 3.8) is 0 Å². The van der Waals surface area contributed by atoms with Crippen molar-refractivity contribution in [3.05, 3.63) is 45.4 Å². The maximum absolute atomic E-state index is 13.4. The summed E-state index contributed by atoms with van der Waals surface area (Å²) in [5, 5.41) is 7.04. The molecule has 1 N–H and O–H groups in total. The number of hydrogen-bond acceptors (Lipinski definition) is 5. The Labute approximate surface area is 186 Å². The molecule has 1 spiro atoms. The predicted molar refractivity (Wildman–Crippen MR) is 116 cm³/mol. The smallest absolute Gasteiger partial charge is 0.317 e. The molecule has 0 radical (unpaired) electrons. The van der Waals surface area contributed by atoms with Crippen LogP contribution in [0.2, 0.25) is 0 Å². The van der Waals surface area contributed by atoms with Crippen molar-refractivity contribution in [2.45, 2.75) is 57.7 Å². The van der Waals surface area contributed by atoms with E-state index in [1.807, 2.05) is 18.7 Å². The summed E-state index contributed by atoms with van der Waals surface area (Å²) in [6, 6.07) is 0.0280. The first-order valence-electron chi connectivity index (χ1n) is 11.2. The number of fused-ring (bicyclic) bond motifs is 3. The van der Waals surface area contributed by atoms with Gasteiger partial charge in [-0.2, -0.15) is 5.10 Å². The van der Waals surface area contributed by atoms with Crippen molar-refractivity contribution in [2.24, 2.45) is 7.05 Å². The highest BCUT2D eigenvalue weighted by molar-refractivity contribution is 5.93. The van der Waals surface area contributed by atoms with Crippen molar-refractivity contribution < 1.29 is 9.59 Å². The molecular formula is C22H29N7O3. The number of hydrogen-bond donors (Lipinski definition) is 1. The van der Waals surface area contributed by atoms with Crippen LogP contribution < -0.4 is 10.9 Å². The van der Waals surface area contributed by atoms with E-state index in [2.05, 4.69) is 10.4 Å². The van der Waals surface area contributed by atoms with Crippen LogP contribution in [0, 0.1) is 0 Å². The summed E-state index contributed by atoms with van der Waals surface area (Å²) < 4.78 is 3.38. The maximum atomic E-state index is 13.4. The predicted octanol–water partition coefficient (Wildman–Crippen LogP) is 0.641. The van der Waals surface area contributed by atoms with Gasteiger partial charge in [0.05, 0.1) is 29.6 Å². The molecule has 0 saturated carbocycles. The van der Waals surface area contributed by atoms with Crippen LogP contribution in [0.5, 0.6) is 0 Å². The molecule has 170 valence electrons. The van der Waals surface area contributed by atoms with Crippen molar-refractivity contribution in [1.82, 2.24) is 34.4 Å². The van der Waals surface area contributed by atoms with Crippen molar-refractivity contribution >= 4 is 11.9 Å². The van der Waals surface area contributed by atoms with Crippen molar-refractivity contribution in [2.75, 3.05) is 19.6 Å². The van der Waals surface area contributed by atoms with Crippen molar-refractivity contribution in [3.8, 4) is 0 Å². The third kappa shape index (κ3) is 3.28. The van der Waals surface area contributed by atoms with Gasteiger partial charge in [-0.25, -0.2) is 9.78 Å². The average Bonchev–Trinajstić information content (AvgIpc) is 3.47. The Morgan fingerprint density at radius 3 is 2.66 bits per heavy atom. The van der Waals surface area contributed by atoms with E-state index >= 15 is 0 Å². The fourth-order valence-corrected chi connectivity index (χ4v) is 5.22. The van der Waals surface area contributed by atoms with E-state index in [0.29, 0.717) is 43.7 Å². The lowest BCUT2D eigenvalue weighted by Gasteiger charge is -2.29. The molecule has 1 fully saturated rings. The lowest BCUT2D eigenvalue weighted by Crippen LogP contribution is -2.44. The first kappa shape index (κ1) is 20.7. The first-order chi connectivity index (χ1) is 15.3. The lowest BCUT2D eigenvalue weighted by molar-refractivity contribution is 0.0732. The molecule has 0 aliphatic carbocycles. The van der Waals surface area contributed by atoms with E-state index in [-0.39, 0.29) is 35.5 Å². The van der Waals surface area contributed by atoms with Gasteiger partial charge in [-0.1, -0.05) is 0 Å². The van der Waals surface area contributed by atoms with E-state index < -0.39 is 0 Å². The normalized spacial score (nSPS) is 21.9. The highest BCUT2D eigenvalue weighted by atomic mass is 16.2. The van der Waals surface area contributed by atoms with Gasteiger partial charge < -0.3 is 15.1 Å². The third-order valence-electron chi connectivity index (χ3n) is 6.90. The van der Waals surface area contributed by atoms with Crippen LogP contribution in [0.1, 0.15) is 54.1 Å². The summed E-state index contributed by atoms with van der Waals surface area (Å²) in [4.78, 5) is 47.3.